The van der Waals surface area contributed by atoms with E-state index in [1.807, 2.05) is 24.3 Å². The van der Waals surface area contributed by atoms with Gasteiger partial charge in [-0.1, -0.05) is 36.4 Å². The lowest BCUT2D eigenvalue weighted by molar-refractivity contribution is -0.139. The number of amidine groups is 1. The number of H-pyrrole nitrogens is 1. The molecule has 0 spiro atoms. The molecule has 1 aliphatic carbocycles. The van der Waals surface area contributed by atoms with Gasteiger partial charge in [0.25, 0.3) is 0 Å². The molecule has 3 heterocycles. The lowest BCUT2D eigenvalue weighted by Gasteiger charge is -2.29. The summed E-state index contributed by atoms with van der Waals surface area (Å²) in [7, 11) is 3.07. The fourth-order valence-corrected chi connectivity index (χ4v) is 5.52. The van der Waals surface area contributed by atoms with Crippen molar-refractivity contribution in [1.29, 1.82) is 5.41 Å². The topological polar surface area (TPSA) is 132 Å². The van der Waals surface area contributed by atoms with Crippen LogP contribution in [0.1, 0.15) is 12.2 Å². The fraction of sp³-hybridized carbons (Fsp3) is 0.241. The Balaban J connectivity index is 1.39. The normalized spacial score (nSPS) is 22.4. The number of aromatic amines is 1. The molecule has 3 aromatic rings. The minimum atomic E-state index is -0.744. The van der Waals surface area contributed by atoms with Gasteiger partial charge in [0.1, 0.15) is 28.9 Å². The maximum atomic E-state index is 13.0. The third kappa shape index (κ3) is 3.96. The number of aromatic nitrogens is 2. The molecule has 1 fully saturated rings. The summed E-state index contributed by atoms with van der Waals surface area (Å²) in [5.74, 6) is -0.182. The summed E-state index contributed by atoms with van der Waals surface area (Å²) in [5, 5.41) is 20.7. The Kier molecular flexibility index (Phi) is 5.94. The van der Waals surface area contributed by atoms with Gasteiger partial charge in [-0.2, -0.15) is 0 Å². The number of likely N-dealkylation sites (tertiary alicyclic amines) is 1. The number of hydrogen-bond acceptors (Lipinski definition) is 7. The third-order valence-corrected chi connectivity index (χ3v) is 7.47. The van der Waals surface area contributed by atoms with Crippen LogP contribution in [0.4, 0.5) is 5.69 Å². The number of nitrogens with one attached hydrogen (secondary N) is 2. The largest absolute Gasteiger partial charge is 0.509 e. The predicted octanol–water partition coefficient (Wildman–Crippen LogP) is 3.83. The van der Waals surface area contributed by atoms with Crippen molar-refractivity contribution in [3.8, 4) is 11.5 Å². The first-order chi connectivity index (χ1) is 18.9. The van der Waals surface area contributed by atoms with Gasteiger partial charge in [-0.15, -0.1) is 0 Å². The highest BCUT2D eigenvalue weighted by molar-refractivity contribution is 6.31. The molecule has 10 heteroatoms. The Morgan fingerprint density at radius 2 is 1.64 bits per heavy atom. The molecule has 1 aromatic heterocycles. The monoisotopic (exact) mass is 525 g/mol. The number of fused-ring (bicyclic) bond motifs is 2. The molecule has 2 aromatic carbocycles. The van der Waals surface area contributed by atoms with E-state index in [-0.39, 0.29) is 41.9 Å². The van der Waals surface area contributed by atoms with Crippen LogP contribution in [0.5, 0.6) is 11.5 Å². The van der Waals surface area contributed by atoms with Crippen molar-refractivity contribution in [3.63, 3.8) is 0 Å². The Morgan fingerprint density at radius 3 is 2.26 bits per heavy atom. The molecule has 1 saturated heterocycles. The molecule has 2 amide bonds. The van der Waals surface area contributed by atoms with Crippen molar-refractivity contribution in [1.82, 2.24) is 14.9 Å². The second kappa shape index (κ2) is 9.46. The van der Waals surface area contributed by atoms with Gasteiger partial charge < -0.3 is 24.5 Å². The van der Waals surface area contributed by atoms with E-state index in [4.69, 9.17) is 14.9 Å². The van der Waals surface area contributed by atoms with Crippen molar-refractivity contribution in [2.24, 2.45) is 11.8 Å². The average molecular weight is 526 g/mol. The number of rotatable bonds is 7. The highest BCUT2D eigenvalue weighted by Crippen LogP contribution is 2.40. The van der Waals surface area contributed by atoms with Crippen LogP contribution in [0, 0.1) is 17.2 Å². The van der Waals surface area contributed by atoms with Crippen LogP contribution >= 0.6 is 0 Å². The lowest BCUT2D eigenvalue weighted by atomic mass is 9.91. The molecule has 0 saturated carbocycles. The molecule has 3 atom stereocenters. The van der Waals surface area contributed by atoms with Crippen LogP contribution in [0.2, 0.25) is 0 Å². The predicted molar refractivity (Wildman–Crippen MR) is 146 cm³/mol. The van der Waals surface area contributed by atoms with Crippen molar-refractivity contribution in [3.05, 3.63) is 78.4 Å². The van der Waals surface area contributed by atoms with E-state index in [9.17, 15) is 14.7 Å². The van der Waals surface area contributed by atoms with Crippen molar-refractivity contribution >= 4 is 39.9 Å². The van der Waals surface area contributed by atoms with Crippen LogP contribution in [-0.2, 0) is 9.59 Å². The minimum absolute atomic E-state index is 0.0190. The van der Waals surface area contributed by atoms with E-state index in [2.05, 4.69) is 9.97 Å². The minimum Gasteiger partial charge on any atom is -0.509 e. The van der Waals surface area contributed by atoms with Gasteiger partial charge in [-0.25, -0.2) is 4.98 Å². The lowest BCUT2D eigenvalue weighted by Crippen LogP contribution is -2.40. The first kappa shape index (κ1) is 24.5. The summed E-state index contributed by atoms with van der Waals surface area (Å²) in [5.41, 5.74) is 2.28. The maximum absolute atomic E-state index is 13.0. The number of imide groups is 1. The second-order valence-electron chi connectivity index (χ2n) is 9.61. The summed E-state index contributed by atoms with van der Waals surface area (Å²) in [4.78, 5) is 36.8. The number of aliphatic hydroxyl groups is 1. The zero-order valence-corrected chi connectivity index (χ0v) is 21.4. The molecule has 39 heavy (non-hydrogen) atoms. The zero-order chi connectivity index (χ0) is 27.3. The number of amides is 2. The number of hydrogen-bond donors (Lipinski definition) is 3. The molecule has 6 rings (SSSR count). The van der Waals surface area contributed by atoms with Crippen molar-refractivity contribution < 1.29 is 24.2 Å². The van der Waals surface area contributed by atoms with E-state index in [1.165, 1.54) is 19.1 Å². The van der Waals surface area contributed by atoms with Crippen molar-refractivity contribution in [2.45, 2.75) is 12.5 Å². The van der Waals surface area contributed by atoms with Gasteiger partial charge in [0.15, 0.2) is 0 Å². The Bertz CT molecular complexity index is 1520. The fourth-order valence-electron chi connectivity index (χ4n) is 5.52. The second-order valence-corrected chi connectivity index (χ2v) is 9.61. The SMILES string of the molecule is COc1cc(OC)cc(N2C(=N)C(c3nc4ccccc4[nH]3)=C(O)C2CCN2C(=O)C3C=CC=CC3C2=O)c1. The van der Waals surface area contributed by atoms with Crippen LogP contribution in [-0.4, -0.2) is 64.4 Å². The molecule has 3 unspecified atom stereocenters. The van der Waals surface area contributed by atoms with E-state index < -0.39 is 17.9 Å². The Morgan fingerprint density at radius 1 is 1.00 bits per heavy atom. The number of para-hydroxylation sites is 2. The van der Waals surface area contributed by atoms with Crippen molar-refractivity contribution in [2.75, 3.05) is 25.7 Å². The number of ether oxygens (including phenoxy) is 2. The number of aliphatic hydroxyl groups excluding tert-OH is 1. The summed E-state index contributed by atoms with van der Waals surface area (Å²) in [6.07, 6.45) is 7.26. The number of allylic oxidation sites excluding steroid dienone is 2. The first-order valence-corrected chi connectivity index (χ1v) is 12.6. The zero-order valence-electron chi connectivity index (χ0n) is 21.4. The number of imidazole rings is 1. The Hall–Kier alpha value is -4.86. The van der Waals surface area contributed by atoms with E-state index in [0.717, 1.165) is 5.52 Å². The molecular formula is C29H27N5O5. The molecule has 0 radical (unpaired) electrons. The van der Waals surface area contributed by atoms with Crippen LogP contribution in [0.15, 0.2) is 72.5 Å². The highest BCUT2D eigenvalue weighted by atomic mass is 16.5. The van der Waals surface area contributed by atoms with E-state index in [1.54, 1.807) is 47.4 Å². The average Bonchev–Trinajstić information content (AvgIpc) is 3.57. The molecule has 0 bridgehead atoms. The number of nitrogens with zero attached hydrogens (tertiary/aromatic N) is 3. The summed E-state index contributed by atoms with van der Waals surface area (Å²) >= 11 is 0. The smallest absolute Gasteiger partial charge is 0.237 e. The molecule has 10 nitrogen and oxygen atoms in total. The van der Waals surface area contributed by atoms with E-state index >= 15 is 0 Å². The van der Waals surface area contributed by atoms with Gasteiger partial charge in [0.2, 0.25) is 11.8 Å². The maximum Gasteiger partial charge on any atom is 0.237 e. The van der Waals surface area contributed by atoms with Crippen LogP contribution in [0.3, 0.4) is 0 Å². The standard InChI is InChI=1S/C29H27N5O5/c1-38-17-13-16(14-18(15-17)39-2)34-23(11-12-33-28(36)19-7-3-4-8-20(19)29(33)37)25(35)24(26(34)30)27-31-21-9-5-6-10-22(21)32-27/h3-10,13-15,19-20,23,30,35H,11-12H2,1-2H3,(H,31,32). The molecule has 3 aliphatic rings. The van der Waals surface area contributed by atoms with Gasteiger partial charge in [-0.05, 0) is 18.6 Å². The number of benzene rings is 2. The number of carbonyl (C=O) groups excluding carboxylic acids is 2. The van der Waals surface area contributed by atoms with Gasteiger partial charge >= 0.3 is 0 Å². The van der Waals surface area contributed by atoms with Crippen LogP contribution < -0.4 is 14.4 Å². The molecule has 198 valence electrons. The summed E-state index contributed by atoms with van der Waals surface area (Å²) < 4.78 is 10.9. The summed E-state index contributed by atoms with van der Waals surface area (Å²) in [6.45, 7) is 0.0827. The number of carbonyl (C=O) groups is 2. The first-order valence-electron chi connectivity index (χ1n) is 12.6. The number of anilines is 1. The number of methoxy groups -OCH3 is 2. The van der Waals surface area contributed by atoms with Crippen LogP contribution in [0.25, 0.3) is 16.6 Å². The van der Waals surface area contributed by atoms with Gasteiger partial charge in [0.05, 0.1) is 54.4 Å². The third-order valence-electron chi connectivity index (χ3n) is 7.47. The highest BCUT2D eigenvalue weighted by Gasteiger charge is 2.47. The quantitative estimate of drug-likeness (QED) is 0.400. The van der Waals surface area contributed by atoms with Gasteiger partial charge in [0, 0.05) is 24.7 Å². The summed E-state index contributed by atoms with van der Waals surface area (Å²) in [6, 6.07) is 11.9. The Labute approximate surface area is 224 Å². The molecule has 2 aliphatic heterocycles. The molecule has 3 N–H and O–H groups in total. The molecular weight excluding hydrogens is 498 g/mol. The van der Waals surface area contributed by atoms with E-state index in [0.29, 0.717) is 28.5 Å². The van der Waals surface area contributed by atoms with Gasteiger partial charge in [-0.3, -0.25) is 19.9 Å².